The molecule has 0 heterocycles. The fraction of sp³-hybridized carbons (Fsp3) is 1.00. The van der Waals surface area contributed by atoms with Crippen LogP contribution in [0.3, 0.4) is 0 Å². The monoisotopic (exact) mass is 318 g/mol. The van der Waals surface area contributed by atoms with Gasteiger partial charge in [0.15, 0.2) is 0 Å². The van der Waals surface area contributed by atoms with Gasteiger partial charge in [0.1, 0.15) is 0 Å². The molecule has 3 heteroatoms. The van der Waals surface area contributed by atoms with Crippen molar-refractivity contribution in [1.82, 2.24) is 0 Å². The van der Waals surface area contributed by atoms with Crippen LogP contribution in [0.1, 0.15) is 13.8 Å². The molecule has 0 aromatic heterocycles. The summed E-state index contributed by atoms with van der Waals surface area (Å²) in [6, 6.07) is 0. The Morgan fingerprint density at radius 1 is 1.71 bits per heavy atom. The molecule has 0 aromatic carbocycles. The van der Waals surface area contributed by atoms with Gasteiger partial charge < -0.3 is 0 Å². The van der Waals surface area contributed by atoms with Crippen molar-refractivity contribution in [2.45, 2.75) is 18.3 Å². The Hall–Kier alpha value is 1.56. The molecule has 0 atom stereocenters. The van der Waals surface area contributed by atoms with Gasteiger partial charge in [0.25, 0.3) is 0 Å². The Bertz CT molecular complexity index is 38.7. The molecule has 0 N–H and O–H groups in total. The second-order valence-electron chi connectivity index (χ2n) is 2.18. The van der Waals surface area contributed by atoms with Gasteiger partial charge in [-0.05, 0) is 0 Å². The Balaban J connectivity index is 2.68. The van der Waals surface area contributed by atoms with Crippen molar-refractivity contribution in [3.63, 3.8) is 0 Å². The van der Waals surface area contributed by atoms with Crippen molar-refractivity contribution in [2.24, 2.45) is 5.92 Å². The van der Waals surface area contributed by atoms with E-state index in [0.29, 0.717) is 22.9 Å². The average molecular weight is 316 g/mol. The first-order valence-corrected chi connectivity index (χ1v) is 9.59. The molecule has 0 unspecified atom stereocenters. The standard InChI is InChI=1S/C4H9.O.2Sn.5H/c1-4(2)3;;;;;;;;/h4H,1H2,2-3H3;;;;;;;;. The average Bonchev–Trinajstić information content (AvgIpc) is 1.61. The van der Waals surface area contributed by atoms with Gasteiger partial charge in [-0.3, -0.25) is 0 Å². The third kappa shape index (κ3) is 7.56. The van der Waals surface area contributed by atoms with E-state index in [1.807, 2.05) is 0 Å². The molecule has 44 valence electrons. The van der Waals surface area contributed by atoms with E-state index < -0.39 is 21.6 Å². The van der Waals surface area contributed by atoms with Crippen molar-refractivity contribution in [1.29, 1.82) is 0 Å². The van der Waals surface area contributed by atoms with Crippen LogP contribution in [-0.4, -0.2) is 44.5 Å². The Kier molecular flexibility index (Phi) is 6.96. The Morgan fingerprint density at radius 2 is 2.29 bits per heavy atom. The third-order valence-corrected chi connectivity index (χ3v) is 13.8. The summed E-state index contributed by atoms with van der Waals surface area (Å²) in [4.78, 5) is 0. The van der Waals surface area contributed by atoms with Crippen LogP contribution in [0.15, 0.2) is 0 Å². The zero-order valence-corrected chi connectivity index (χ0v) is 15.1. The molecule has 0 rings (SSSR count). The molecule has 0 spiro atoms. The van der Waals surface area contributed by atoms with Crippen molar-refractivity contribution in [3.8, 4) is 0 Å². The topological polar surface area (TPSA) is 9.23 Å². The molecule has 0 aliphatic heterocycles. The van der Waals surface area contributed by atoms with E-state index in [0.717, 1.165) is 5.92 Å². The summed E-state index contributed by atoms with van der Waals surface area (Å²) >= 11 is -0.00216. The van der Waals surface area contributed by atoms with Crippen LogP contribution in [0.25, 0.3) is 0 Å². The van der Waals surface area contributed by atoms with Gasteiger partial charge in [0.05, 0.1) is 0 Å². The van der Waals surface area contributed by atoms with Gasteiger partial charge in [-0.2, -0.15) is 0 Å². The molecule has 7 heavy (non-hydrogen) atoms. The maximum atomic E-state index is 5.27. The van der Waals surface area contributed by atoms with E-state index in [1.165, 1.54) is 4.44 Å². The van der Waals surface area contributed by atoms with Crippen molar-refractivity contribution in [2.75, 3.05) is 0 Å². The van der Waals surface area contributed by atoms with Gasteiger partial charge >= 0.3 is 70.1 Å². The summed E-state index contributed by atoms with van der Waals surface area (Å²) in [7, 11) is 0. The van der Waals surface area contributed by atoms with Crippen LogP contribution in [0.4, 0.5) is 0 Å². The fourth-order valence-corrected chi connectivity index (χ4v) is 6.88. The zero-order chi connectivity index (χ0) is 5.70. The summed E-state index contributed by atoms with van der Waals surface area (Å²) in [5, 5.41) is 0. The molecule has 0 radical (unpaired) electrons. The first-order chi connectivity index (χ1) is 3.27. The van der Waals surface area contributed by atoms with Crippen LogP contribution in [0.5, 0.6) is 0 Å². The van der Waals surface area contributed by atoms with E-state index in [1.54, 1.807) is 0 Å². The summed E-state index contributed by atoms with van der Waals surface area (Å²) in [5.74, 6) is 0.905. The second kappa shape index (κ2) is 5.69. The van der Waals surface area contributed by atoms with Crippen LogP contribution in [0, 0.1) is 5.92 Å². The van der Waals surface area contributed by atoms with E-state index in [4.69, 9.17) is 1.41 Å². The maximum absolute atomic E-state index is 5.27. The van der Waals surface area contributed by atoms with Crippen molar-refractivity contribution >= 4 is 44.5 Å². The Morgan fingerprint density at radius 3 is 2.43 bits per heavy atom. The van der Waals surface area contributed by atoms with Crippen LogP contribution < -0.4 is 0 Å². The third-order valence-electron chi connectivity index (χ3n) is 0.899. The molecule has 0 aliphatic carbocycles. The predicted octanol–water partition coefficient (Wildman–Crippen LogP) is -0.558. The minimum atomic E-state index is -0.558. The van der Waals surface area contributed by atoms with Crippen molar-refractivity contribution in [3.05, 3.63) is 0 Å². The molecule has 0 amide bonds. The minimum absolute atomic E-state index is 0.556. The molecule has 1 nitrogen and oxygen atoms in total. The van der Waals surface area contributed by atoms with E-state index >= 15 is 0 Å². The summed E-state index contributed by atoms with van der Waals surface area (Å²) in [5.41, 5.74) is 0. The number of hydrogen-bond acceptors (Lipinski definition) is 1. The molecule has 0 bridgehead atoms. The fourth-order valence-electron chi connectivity index (χ4n) is 0.354. The summed E-state index contributed by atoms with van der Waals surface area (Å²) < 4.78 is 6.71. The number of hydrogen-bond donors (Lipinski definition) is 0. The summed E-state index contributed by atoms with van der Waals surface area (Å²) in [6.07, 6.45) is 0. The van der Waals surface area contributed by atoms with Gasteiger partial charge in [-0.25, -0.2) is 0 Å². The number of rotatable bonds is 3. The van der Waals surface area contributed by atoms with Gasteiger partial charge in [-0.1, -0.05) is 0 Å². The zero-order valence-electron chi connectivity index (χ0n) is 5.40. The SMILES string of the molecule is CC(C)[CH2][SnH2][O][SnH3]. The van der Waals surface area contributed by atoms with E-state index in [2.05, 4.69) is 13.8 Å². The molecule has 0 saturated carbocycles. The molecule has 0 saturated heterocycles. The molecule has 0 fully saturated rings. The van der Waals surface area contributed by atoms with Crippen LogP contribution >= 0.6 is 0 Å². The normalized spacial score (nSPS) is 12.4. The van der Waals surface area contributed by atoms with E-state index in [9.17, 15) is 0 Å². The molecular weight excluding hydrogens is 301 g/mol. The quantitative estimate of drug-likeness (QED) is 0.635. The van der Waals surface area contributed by atoms with Crippen LogP contribution in [-0.2, 0) is 1.41 Å². The van der Waals surface area contributed by atoms with Crippen LogP contribution in [0.2, 0.25) is 4.44 Å². The first-order valence-electron chi connectivity index (χ1n) is 2.76. The molecular formula is C4H14OSn2. The van der Waals surface area contributed by atoms with Crippen molar-refractivity contribution < 1.29 is 1.41 Å². The van der Waals surface area contributed by atoms with Gasteiger partial charge in [0.2, 0.25) is 0 Å². The van der Waals surface area contributed by atoms with Gasteiger partial charge in [-0.15, -0.1) is 0 Å². The molecule has 0 aromatic rings. The summed E-state index contributed by atoms with van der Waals surface area (Å²) in [6.45, 7) is 4.54. The first kappa shape index (κ1) is 8.56. The van der Waals surface area contributed by atoms with E-state index in [-0.39, 0.29) is 0 Å². The Labute approximate surface area is 69.6 Å². The van der Waals surface area contributed by atoms with Gasteiger partial charge in [0, 0.05) is 0 Å². The molecule has 0 aliphatic rings. The predicted molar refractivity (Wildman–Crippen MR) is 39.2 cm³/mol. The second-order valence-corrected chi connectivity index (χ2v) is 17.7.